The number of aromatic carboxylic acids is 1. The zero-order valence-electron chi connectivity index (χ0n) is 12.2. The molecule has 3 rings (SSSR count). The van der Waals surface area contributed by atoms with Crippen LogP contribution in [0.3, 0.4) is 0 Å². The van der Waals surface area contributed by atoms with E-state index in [1.165, 1.54) is 12.1 Å². The van der Waals surface area contributed by atoms with Crippen LogP contribution < -0.4 is 0 Å². The minimum Gasteiger partial charge on any atom is -0.478 e. The zero-order chi connectivity index (χ0) is 16.2. The number of benzene rings is 2. The number of carboxylic acid groups (broad SMARTS) is 1. The number of aromatic nitrogens is 1. The molecule has 0 radical (unpaired) electrons. The molecule has 0 saturated carbocycles. The summed E-state index contributed by atoms with van der Waals surface area (Å²) in [4.78, 5) is 15.4. The van der Waals surface area contributed by atoms with E-state index < -0.39 is 5.97 Å². The molecule has 2 aromatic carbocycles. The lowest BCUT2D eigenvalue weighted by Crippen LogP contribution is -1.97. The number of hydrogen-bond acceptors (Lipinski definition) is 3. The lowest BCUT2D eigenvalue weighted by molar-refractivity contribution is 0.0697. The molecule has 0 saturated heterocycles. The minimum absolute atomic E-state index is 0.268. The van der Waals surface area contributed by atoms with Crippen molar-refractivity contribution in [3.63, 3.8) is 0 Å². The summed E-state index contributed by atoms with van der Waals surface area (Å²) in [6.45, 7) is 0. The van der Waals surface area contributed by atoms with Gasteiger partial charge >= 0.3 is 5.97 Å². The summed E-state index contributed by atoms with van der Waals surface area (Å²) < 4.78 is 13.3. The van der Waals surface area contributed by atoms with Crippen LogP contribution >= 0.6 is 11.3 Å². The molecule has 1 N–H and O–H groups in total. The van der Waals surface area contributed by atoms with Crippen LogP contribution in [0, 0.1) is 5.82 Å². The average molecular weight is 327 g/mol. The Hall–Kier alpha value is -2.53. The Morgan fingerprint density at radius 1 is 1.13 bits per heavy atom. The smallest absolute Gasteiger partial charge is 0.335 e. The second kappa shape index (κ2) is 6.71. The van der Waals surface area contributed by atoms with Crippen LogP contribution in [0.15, 0.2) is 53.9 Å². The molecule has 116 valence electrons. The van der Waals surface area contributed by atoms with Crippen molar-refractivity contribution >= 4 is 17.3 Å². The van der Waals surface area contributed by atoms with Crippen molar-refractivity contribution in [3.8, 4) is 11.3 Å². The maximum absolute atomic E-state index is 13.3. The normalized spacial score (nSPS) is 10.7. The van der Waals surface area contributed by atoms with Crippen LogP contribution in [0.1, 0.15) is 20.9 Å². The molecule has 0 unspecified atom stereocenters. The van der Waals surface area contributed by atoms with Gasteiger partial charge in [0.15, 0.2) is 0 Å². The Bertz CT molecular complexity index is 827. The first-order chi connectivity index (χ1) is 11.1. The molecule has 3 aromatic rings. The van der Waals surface area contributed by atoms with Crippen molar-refractivity contribution in [2.75, 3.05) is 0 Å². The monoisotopic (exact) mass is 327 g/mol. The van der Waals surface area contributed by atoms with E-state index in [1.54, 1.807) is 29.5 Å². The fourth-order valence-electron chi connectivity index (χ4n) is 2.27. The van der Waals surface area contributed by atoms with Crippen LogP contribution in [-0.2, 0) is 12.8 Å². The fraction of sp³-hybridized carbons (Fsp3) is 0.111. The van der Waals surface area contributed by atoms with Crippen LogP contribution in [0.2, 0.25) is 0 Å². The molecule has 23 heavy (non-hydrogen) atoms. The molecule has 1 heterocycles. The summed E-state index contributed by atoms with van der Waals surface area (Å²) in [6.07, 6.45) is 1.56. The van der Waals surface area contributed by atoms with Crippen molar-refractivity contribution in [3.05, 3.63) is 75.9 Å². The maximum atomic E-state index is 13.3. The first-order valence-electron chi connectivity index (χ1n) is 7.14. The minimum atomic E-state index is -0.920. The van der Waals surface area contributed by atoms with Gasteiger partial charge in [0.1, 0.15) is 5.82 Å². The second-order valence-electron chi connectivity index (χ2n) is 5.14. The number of carbonyl (C=O) groups is 1. The molecule has 0 aliphatic rings. The Kier molecular flexibility index (Phi) is 4.48. The average Bonchev–Trinajstić information content (AvgIpc) is 3.02. The Balaban J connectivity index is 1.66. The van der Waals surface area contributed by atoms with Gasteiger partial charge in [-0.15, -0.1) is 11.3 Å². The van der Waals surface area contributed by atoms with Gasteiger partial charge in [-0.2, -0.15) is 0 Å². The van der Waals surface area contributed by atoms with E-state index >= 15 is 0 Å². The summed E-state index contributed by atoms with van der Waals surface area (Å²) >= 11 is 1.55. The SMILES string of the molecule is O=C(O)c1ccc(CCc2nc(-c3cccc(F)c3)cs2)cc1. The molecule has 0 atom stereocenters. The van der Waals surface area contributed by atoms with Gasteiger partial charge in [0.25, 0.3) is 0 Å². The van der Waals surface area contributed by atoms with Gasteiger partial charge < -0.3 is 5.11 Å². The summed E-state index contributed by atoms with van der Waals surface area (Å²) in [5, 5.41) is 11.8. The number of thiazole rings is 1. The quantitative estimate of drug-likeness (QED) is 0.754. The van der Waals surface area contributed by atoms with Gasteiger partial charge in [0.2, 0.25) is 0 Å². The van der Waals surface area contributed by atoms with Gasteiger partial charge in [-0.05, 0) is 36.2 Å². The number of rotatable bonds is 5. The summed E-state index contributed by atoms with van der Waals surface area (Å²) in [5.74, 6) is -1.19. The molecule has 5 heteroatoms. The van der Waals surface area contributed by atoms with Crippen molar-refractivity contribution in [1.29, 1.82) is 0 Å². The summed E-state index contributed by atoms with van der Waals surface area (Å²) in [5.41, 5.74) is 2.91. The largest absolute Gasteiger partial charge is 0.478 e. The van der Waals surface area contributed by atoms with Crippen LogP contribution in [0.4, 0.5) is 4.39 Å². The standard InChI is InChI=1S/C18H14FNO2S/c19-15-3-1-2-14(10-15)16-11-23-17(20-16)9-6-12-4-7-13(8-5-12)18(21)22/h1-5,7-8,10-11H,6,9H2,(H,21,22). The highest BCUT2D eigenvalue weighted by atomic mass is 32.1. The van der Waals surface area contributed by atoms with Crippen molar-refractivity contribution < 1.29 is 14.3 Å². The number of hydrogen-bond donors (Lipinski definition) is 1. The van der Waals surface area contributed by atoms with Crippen molar-refractivity contribution in [2.24, 2.45) is 0 Å². The maximum Gasteiger partial charge on any atom is 0.335 e. The van der Waals surface area contributed by atoms with Crippen molar-refractivity contribution in [1.82, 2.24) is 4.98 Å². The molecule has 0 aliphatic carbocycles. The third-order valence-corrected chi connectivity index (χ3v) is 4.41. The second-order valence-corrected chi connectivity index (χ2v) is 6.08. The van der Waals surface area contributed by atoms with E-state index in [0.717, 1.165) is 34.7 Å². The Morgan fingerprint density at radius 2 is 1.91 bits per heavy atom. The molecule has 0 spiro atoms. The van der Waals surface area contributed by atoms with Crippen molar-refractivity contribution in [2.45, 2.75) is 12.8 Å². The molecule has 0 fully saturated rings. The van der Waals surface area contributed by atoms with Gasteiger partial charge in [-0.3, -0.25) is 0 Å². The number of aryl methyl sites for hydroxylation is 2. The predicted octanol–water partition coefficient (Wildman–Crippen LogP) is 4.43. The Morgan fingerprint density at radius 3 is 2.61 bits per heavy atom. The summed E-state index contributed by atoms with van der Waals surface area (Å²) in [7, 11) is 0. The number of halogens is 1. The van der Waals surface area contributed by atoms with E-state index in [9.17, 15) is 9.18 Å². The molecule has 0 aliphatic heterocycles. The van der Waals surface area contributed by atoms with Gasteiger partial charge in [-0.1, -0.05) is 24.3 Å². The van der Waals surface area contributed by atoms with Gasteiger partial charge in [0.05, 0.1) is 16.3 Å². The first-order valence-corrected chi connectivity index (χ1v) is 8.02. The molecule has 3 nitrogen and oxygen atoms in total. The van der Waals surface area contributed by atoms with E-state index in [2.05, 4.69) is 4.98 Å². The molecule has 1 aromatic heterocycles. The topological polar surface area (TPSA) is 50.2 Å². The van der Waals surface area contributed by atoms with Crippen LogP contribution in [0.5, 0.6) is 0 Å². The van der Waals surface area contributed by atoms with Gasteiger partial charge in [0, 0.05) is 17.4 Å². The van der Waals surface area contributed by atoms with E-state index in [4.69, 9.17) is 5.11 Å². The first kappa shape index (κ1) is 15.4. The third-order valence-electron chi connectivity index (χ3n) is 3.50. The van der Waals surface area contributed by atoms with E-state index in [-0.39, 0.29) is 11.4 Å². The zero-order valence-corrected chi connectivity index (χ0v) is 13.0. The lowest BCUT2D eigenvalue weighted by Gasteiger charge is -2.00. The highest BCUT2D eigenvalue weighted by molar-refractivity contribution is 7.09. The number of nitrogens with zero attached hydrogens (tertiary/aromatic N) is 1. The van der Waals surface area contributed by atoms with Gasteiger partial charge in [-0.25, -0.2) is 14.2 Å². The highest BCUT2D eigenvalue weighted by Gasteiger charge is 2.07. The Labute approximate surface area is 137 Å². The molecule has 0 bridgehead atoms. The predicted molar refractivity (Wildman–Crippen MR) is 88.3 cm³/mol. The van der Waals surface area contributed by atoms with Crippen LogP contribution in [-0.4, -0.2) is 16.1 Å². The lowest BCUT2D eigenvalue weighted by atomic mass is 10.1. The van der Waals surface area contributed by atoms with Crippen LogP contribution in [0.25, 0.3) is 11.3 Å². The molecular weight excluding hydrogens is 313 g/mol. The van der Waals surface area contributed by atoms with E-state index in [1.807, 2.05) is 23.6 Å². The molecule has 0 amide bonds. The molecular formula is C18H14FNO2S. The third kappa shape index (κ3) is 3.81. The van der Waals surface area contributed by atoms with E-state index in [0.29, 0.717) is 0 Å². The fourth-order valence-corrected chi connectivity index (χ4v) is 3.08. The number of carboxylic acids is 1. The highest BCUT2D eigenvalue weighted by Crippen LogP contribution is 2.23. The summed E-state index contributed by atoms with van der Waals surface area (Å²) in [6, 6.07) is 13.3.